The van der Waals surface area contributed by atoms with Gasteiger partial charge in [-0.3, -0.25) is 0 Å². The van der Waals surface area contributed by atoms with Gasteiger partial charge in [-0.15, -0.1) is 11.8 Å². The van der Waals surface area contributed by atoms with Crippen molar-refractivity contribution in [2.75, 3.05) is 0 Å². The molecular weight excluding hydrogens is 164 g/mol. The van der Waals surface area contributed by atoms with Crippen molar-refractivity contribution in [3.63, 3.8) is 0 Å². The van der Waals surface area contributed by atoms with Crippen LogP contribution in [0.1, 0.15) is 33.1 Å². The van der Waals surface area contributed by atoms with Crippen molar-refractivity contribution in [3.05, 3.63) is 11.5 Å². The fourth-order valence-electron chi connectivity index (χ4n) is 2.61. The van der Waals surface area contributed by atoms with E-state index >= 15 is 0 Å². The molecule has 0 spiro atoms. The Morgan fingerprint density at radius 3 is 2.83 bits per heavy atom. The Bertz CT molecular complexity index is 197. The Balaban J connectivity index is 2.10. The Morgan fingerprint density at radius 1 is 1.33 bits per heavy atom. The summed E-state index contributed by atoms with van der Waals surface area (Å²) >= 11 is 2.07. The largest absolute Gasteiger partial charge is 0.127 e. The average Bonchev–Trinajstić information content (AvgIpc) is 2.31. The summed E-state index contributed by atoms with van der Waals surface area (Å²) in [5.41, 5.74) is 0. The summed E-state index contributed by atoms with van der Waals surface area (Å²) in [7, 11) is 0. The summed E-state index contributed by atoms with van der Waals surface area (Å²) in [5, 5.41) is 0.920. The highest BCUT2D eigenvalue weighted by Gasteiger charge is 2.39. The maximum Gasteiger partial charge on any atom is 0.0125 e. The van der Waals surface area contributed by atoms with Gasteiger partial charge in [-0.2, -0.15) is 0 Å². The first-order chi connectivity index (χ1) is 5.68. The zero-order valence-electron chi connectivity index (χ0n) is 8.05. The van der Waals surface area contributed by atoms with E-state index in [1.54, 1.807) is 0 Å². The molecule has 12 heavy (non-hydrogen) atoms. The molecule has 4 atom stereocenters. The van der Waals surface area contributed by atoms with Crippen LogP contribution in [0.4, 0.5) is 0 Å². The van der Waals surface area contributed by atoms with Crippen molar-refractivity contribution in [2.45, 2.75) is 38.4 Å². The molecule has 2 rings (SSSR count). The molecule has 0 nitrogen and oxygen atoms in total. The van der Waals surface area contributed by atoms with Gasteiger partial charge >= 0.3 is 0 Å². The molecule has 1 heteroatoms. The zero-order chi connectivity index (χ0) is 8.72. The minimum atomic E-state index is 0.780. The number of rotatable bonds is 0. The van der Waals surface area contributed by atoms with E-state index in [0.29, 0.717) is 0 Å². The Morgan fingerprint density at radius 2 is 2.08 bits per heavy atom. The topological polar surface area (TPSA) is 0 Å². The fourth-order valence-corrected chi connectivity index (χ4v) is 4.16. The standard InChI is InChI=1S/C11H18S/c1-7-4-5-11-10(6-7)8(2)9(3)12-11/h7-8,10-11H,3-6H2,1-2H3. The maximum absolute atomic E-state index is 4.15. The van der Waals surface area contributed by atoms with Crippen LogP contribution in [0, 0.1) is 17.8 Å². The van der Waals surface area contributed by atoms with E-state index in [-0.39, 0.29) is 0 Å². The Hall–Kier alpha value is 0.0900. The normalized spacial score (nSPS) is 47.7. The SMILES string of the molecule is C=C1SC2CCC(C)CC2C1C. The molecule has 0 radical (unpaired) electrons. The summed E-state index contributed by atoms with van der Waals surface area (Å²) in [6.45, 7) is 8.90. The number of hydrogen-bond donors (Lipinski definition) is 0. The summed E-state index contributed by atoms with van der Waals surface area (Å²) in [6, 6.07) is 0. The fraction of sp³-hybridized carbons (Fsp3) is 0.818. The van der Waals surface area contributed by atoms with Gasteiger partial charge in [0.15, 0.2) is 0 Å². The first-order valence-corrected chi connectivity index (χ1v) is 5.92. The molecule has 1 aliphatic heterocycles. The third-order valence-electron chi connectivity index (χ3n) is 3.55. The molecule has 1 saturated carbocycles. The van der Waals surface area contributed by atoms with Gasteiger partial charge in [0.25, 0.3) is 0 Å². The van der Waals surface area contributed by atoms with Crippen LogP contribution in [0.3, 0.4) is 0 Å². The second-order valence-electron chi connectivity index (χ2n) is 4.49. The van der Waals surface area contributed by atoms with Crippen LogP contribution in [-0.4, -0.2) is 5.25 Å². The lowest BCUT2D eigenvalue weighted by atomic mass is 9.76. The lowest BCUT2D eigenvalue weighted by molar-refractivity contribution is 0.259. The van der Waals surface area contributed by atoms with E-state index in [1.165, 1.54) is 24.2 Å². The van der Waals surface area contributed by atoms with Crippen molar-refractivity contribution in [1.29, 1.82) is 0 Å². The van der Waals surface area contributed by atoms with Gasteiger partial charge in [0.2, 0.25) is 0 Å². The predicted molar refractivity (Wildman–Crippen MR) is 56.2 cm³/mol. The molecule has 0 amide bonds. The monoisotopic (exact) mass is 182 g/mol. The second kappa shape index (κ2) is 3.10. The van der Waals surface area contributed by atoms with Crippen LogP contribution in [0.2, 0.25) is 0 Å². The molecular formula is C11H18S. The Labute approximate surface area is 79.8 Å². The maximum atomic E-state index is 4.15. The van der Waals surface area contributed by atoms with Crippen LogP contribution in [0.5, 0.6) is 0 Å². The van der Waals surface area contributed by atoms with Crippen molar-refractivity contribution in [3.8, 4) is 0 Å². The third-order valence-corrected chi connectivity index (χ3v) is 5.11. The Kier molecular flexibility index (Phi) is 2.24. The zero-order valence-corrected chi connectivity index (χ0v) is 8.86. The quantitative estimate of drug-likeness (QED) is 0.550. The van der Waals surface area contributed by atoms with Gasteiger partial charge in [-0.25, -0.2) is 0 Å². The molecule has 0 N–H and O–H groups in total. The molecule has 2 aliphatic rings. The van der Waals surface area contributed by atoms with Crippen LogP contribution in [0.25, 0.3) is 0 Å². The minimum Gasteiger partial charge on any atom is -0.127 e. The van der Waals surface area contributed by atoms with E-state index in [4.69, 9.17) is 0 Å². The summed E-state index contributed by atoms with van der Waals surface area (Å²) in [6.07, 6.45) is 4.31. The van der Waals surface area contributed by atoms with Gasteiger partial charge in [-0.1, -0.05) is 20.4 Å². The molecule has 0 aromatic carbocycles. The second-order valence-corrected chi connectivity index (χ2v) is 5.86. The molecule has 2 fully saturated rings. The van der Waals surface area contributed by atoms with Crippen LogP contribution < -0.4 is 0 Å². The summed E-state index contributed by atoms with van der Waals surface area (Å²) in [4.78, 5) is 1.44. The highest BCUT2D eigenvalue weighted by Crippen LogP contribution is 2.52. The van der Waals surface area contributed by atoms with Gasteiger partial charge < -0.3 is 0 Å². The van der Waals surface area contributed by atoms with Crippen LogP contribution in [0.15, 0.2) is 11.5 Å². The van der Waals surface area contributed by atoms with E-state index in [2.05, 4.69) is 32.2 Å². The number of hydrogen-bond acceptors (Lipinski definition) is 1. The number of allylic oxidation sites excluding steroid dienone is 1. The van der Waals surface area contributed by atoms with Crippen molar-refractivity contribution >= 4 is 11.8 Å². The lowest BCUT2D eigenvalue weighted by Crippen LogP contribution is -2.25. The minimum absolute atomic E-state index is 0.780. The van der Waals surface area contributed by atoms with E-state index in [0.717, 1.165) is 23.0 Å². The average molecular weight is 182 g/mol. The summed E-state index contributed by atoms with van der Waals surface area (Å²) < 4.78 is 0. The molecule has 1 saturated heterocycles. The molecule has 0 aromatic rings. The number of fused-ring (bicyclic) bond motifs is 1. The third kappa shape index (κ3) is 1.32. The van der Waals surface area contributed by atoms with Gasteiger partial charge in [0.1, 0.15) is 0 Å². The highest BCUT2D eigenvalue weighted by molar-refractivity contribution is 8.04. The number of thioether (sulfide) groups is 1. The van der Waals surface area contributed by atoms with Crippen LogP contribution >= 0.6 is 11.8 Å². The molecule has 4 unspecified atom stereocenters. The first-order valence-electron chi connectivity index (χ1n) is 5.04. The molecule has 68 valence electrons. The molecule has 0 bridgehead atoms. The van der Waals surface area contributed by atoms with E-state index < -0.39 is 0 Å². The van der Waals surface area contributed by atoms with Crippen molar-refractivity contribution in [1.82, 2.24) is 0 Å². The van der Waals surface area contributed by atoms with Gasteiger partial charge in [0, 0.05) is 5.25 Å². The highest BCUT2D eigenvalue weighted by atomic mass is 32.2. The van der Waals surface area contributed by atoms with Gasteiger partial charge in [-0.05, 0) is 41.9 Å². The van der Waals surface area contributed by atoms with E-state index in [1.807, 2.05) is 0 Å². The van der Waals surface area contributed by atoms with Crippen LogP contribution in [-0.2, 0) is 0 Å². The van der Waals surface area contributed by atoms with E-state index in [9.17, 15) is 0 Å². The molecule has 0 aromatic heterocycles. The molecule has 1 heterocycles. The molecule has 1 aliphatic carbocycles. The first kappa shape index (κ1) is 8.68. The van der Waals surface area contributed by atoms with Crippen molar-refractivity contribution in [2.24, 2.45) is 17.8 Å². The van der Waals surface area contributed by atoms with Gasteiger partial charge in [0.05, 0.1) is 0 Å². The summed E-state index contributed by atoms with van der Waals surface area (Å²) in [5.74, 6) is 2.69. The smallest absolute Gasteiger partial charge is 0.0125 e. The van der Waals surface area contributed by atoms with Crippen molar-refractivity contribution < 1.29 is 0 Å². The predicted octanol–water partition coefficient (Wildman–Crippen LogP) is 3.69. The lowest BCUT2D eigenvalue weighted by Gasteiger charge is -2.30.